The van der Waals surface area contributed by atoms with E-state index in [1.165, 1.54) is 4.70 Å². The first-order valence-corrected chi connectivity index (χ1v) is 10.7. The summed E-state index contributed by atoms with van der Waals surface area (Å²) in [5.74, 6) is 0.541. The van der Waals surface area contributed by atoms with E-state index in [1.807, 2.05) is 30.3 Å². The summed E-state index contributed by atoms with van der Waals surface area (Å²) in [6.45, 7) is 0.728. The largest absolute Gasteiger partial charge is 0.493 e. The number of ether oxygens (including phenoxy) is 2. The smallest absolute Gasteiger partial charge is 0.320 e. The predicted molar refractivity (Wildman–Crippen MR) is 115 cm³/mol. The molecule has 1 fully saturated rings. The van der Waals surface area contributed by atoms with Gasteiger partial charge in [0.25, 0.3) is 0 Å². The number of carboxylic acid groups (broad SMARTS) is 1. The van der Waals surface area contributed by atoms with Crippen molar-refractivity contribution in [3.05, 3.63) is 59.0 Å². The van der Waals surface area contributed by atoms with Gasteiger partial charge < -0.3 is 14.6 Å². The lowest BCUT2D eigenvalue weighted by Crippen LogP contribution is -2.46. The molecule has 1 aromatic heterocycles. The molecule has 1 saturated heterocycles. The van der Waals surface area contributed by atoms with Crippen LogP contribution in [0.1, 0.15) is 36.4 Å². The van der Waals surface area contributed by atoms with E-state index in [1.54, 1.807) is 25.6 Å². The van der Waals surface area contributed by atoms with E-state index < -0.39 is 12.0 Å². The van der Waals surface area contributed by atoms with Crippen LogP contribution < -0.4 is 9.47 Å². The Morgan fingerprint density at radius 2 is 1.93 bits per heavy atom. The van der Waals surface area contributed by atoms with Gasteiger partial charge in [-0.3, -0.25) is 9.69 Å². The van der Waals surface area contributed by atoms with Crippen LogP contribution in [0.25, 0.3) is 10.1 Å². The molecule has 6 heteroatoms. The molecule has 29 heavy (non-hydrogen) atoms. The Balaban J connectivity index is 1.94. The zero-order chi connectivity index (χ0) is 20.4. The van der Waals surface area contributed by atoms with E-state index in [0.717, 1.165) is 35.9 Å². The Kier molecular flexibility index (Phi) is 5.74. The molecule has 1 aliphatic heterocycles. The number of carbonyl (C=O) groups is 1. The topological polar surface area (TPSA) is 59.0 Å². The molecule has 152 valence electrons. The molecule has 0 saturated carbocycles. The molecular formula is C23H25NO4S. The number of hydrogen-bond acceptors (Lipinski definition) is 5. The molecule has 5 nitrogen and oxygen atoms in total. The molecule has 0 radical (unpaired) electrons. The van der Waals surface area contributed by atoms with E-state index in [2.05, 4.69) is 22.4 Å². The minimum absolute atomic E-state index is 0.224. The zero-order valence-electron chi connectivity index (χ0n) is 16.6. The summed E-state index contributed by atoms with van der Waals surface area (Å²) in [7, 11) is 3.26. The number of thiophene rings is 1. The number of rotatable bonds is 6. The number of likely N-dealkylation sites (tertiary alicyclic amines) is 1. The molecule has 0 aliphatic carbocycles. The fourth-order valence-electron chi connectivity index (χ4n) is 4.39. The predicted octanol–water partition coefficient (Wildman–Crippen LogP) is 4.95. The minimum Gasteiger partial charge on any atom is -0.493 e. The number of nitrogens with zero attached hydrogens (tertiary/aromatic N) is 1. The van der Waals surface area contributed by atoms with Gasteiger partial charge in [0.15, 0.2) is 11.5 Å². The van der Waals surface area contributed by atoms with Crippen LogP contribution in [0.4, 0.5) is 0 Å². The number of methoxy groups -OCH3 is 2. The average Bonchev–Trinajstić information content (AvgIpc) is 3.18. The molecule has 3 aromatic rings. The SMILES string of the molecule is COc1cccc(C(c2csc3ccccc23)N2CCCCC2C(=O)O)c1OC. The van der Waals surface area contributed by atoms with Gasteiger partial charge in [0, 0.05) is 10.3 Å². The Morgan fingerprint density at radius 3 is 2.69 bits per heavy atom. The van der Waals surface area contributed by atoms with Crippen molar-refractivity contribution in [1.82, 2.24) is 4.90 Å². The van der Waals surface area contributed by atoms with Crippen molar-refractivity contribution in [2.45, 2.75) is 31.3 Å². The number of benzene rings is 2. The van der Waals surface area contributed by atoms with Crippen molar-refractivity contribution in [3.8, 4) is 11.5 Å². The molecule has 2 heterocycles. The Bertz CT molecular complexity index is 1020. The third-order valence-corrected chi connectivity index (χ3v) is 6.68. The van der Waals surface area contributed by atoms with Crippen molar-refractivity contribution in [1.29, 1.82) is 0 Å². The molecule has 4 rings (SSSR count). The second-order valence-electron chi connectivity index (χ2n) is 7.26. The molecule has 2 atom stereocenters. The van der Waals surface area contributed by atoms with Crippen molar-refractivity contribution >= 4 is 27.4 Å². The lowest BCUT2D eigenvalue weighted by atomic mass is 9.90. The maximum Gasteiger partial charge on any atom is 0.320 e. The minimum atomic E-state index is -0.768. The lowest BCUT2D eigenvalue weighted by molar-refractivity contribution is -0.145. The Morgan fingerprint density at radius 1 is 1.10 bits per heavy atom. The van der Waals surface area contributed by atoms with Crippen molar-refractivity contribution < 1.29 is 19.4 Å². The summed E-state index contributed by atoms with van der Waals surface area (Å²) in [6, 6.07) is 13.4. The van der Waals surface area contributed by atoms with Crippen molar-refractivity contribution in [3.63, 3.8) is 0 Å². The second-order valence-corrected chi connectivity index (χ2v) is 8.17. The first-order valence-electron chi connectivity index (χ1n) is 9.81. The highest BCUT2D eigenvalue weighted by Gasteiger charge is 2.37. The number of piperidine rings is 1. The Labute approximate surface area is 174 Å². The summed E-state index contributed by atoms with van der Waals surface area (Å²) in [5, 5.41) is 13.3. The third kappa shape index (κ3) is 3.58. The van der Waals surface area contributed by atoms with E-state index >= 15 is 0 Å². The van der Waals surface area contributed by atoms with Gasteiger partial charge in [0.2, 0.25) is 0 Å². The lowest BCUT2D eigenvalue weighted by Gasteiger charge is -2.40. The van der Waals surface area contributed by atoms with Gasteiger partial charge in [-0.2, -0.15) is 0 Å². The molecular weight excluding hydrogens is 386 g/mol. The van der Waals surface area contributed by atoms with Crippen LogP contribution in [0.5, 0.6) is 11.5 Å². The number of carboxylic acids is 1. The molecule has 2 unspecified atom stereocenters. The van der Waals surface area contributed by atoms with E-state index in [9.17, 15) is 9.90 Å². The highest BCUT2D eigenvalue weighted by Crippen LogP contribution is 2.45. The maximum atomic E-state index is 12.1. The quantitative estimate of drug-likeness (QED) is 0.622. The van der Waals surface area contributed by atoms with E-state index in [-0.39, 0.29) is 6.04 Å². The van der Waals surface area contributed by atoms with E-state index in [0.29, 0.717) is 17.9 Å². The summed E-state index contributed by atoms with van der Waals surface area (Å²) in [5.41, 5.74) is 2.05. The average molecular weight is 412 g/mol. The van der Waals surface area contributed by atoms with Gasteiger partial charge in [-0.05, 0) is 47.8 Å². The zero-order valence-corrected chi connectivity index (χ0v) is 17.4. The standard InChI is InChI=1S/C23H25NO4S/c1-27-19-11-7-9-16(22(19)28-2)21(24-13-6-5-10-18(24)23(25)26)17-14-29-20-12-4-3-8-15(17)20/h3-4,7-9,11-12,14,18,21H,5-6,10,13H2,1-2H3,(H,25,26). The summed E-state index contributed by atoms with van der Waals surface area (Å²) >= 11 is 1.69. The van der Waals surface area contributed by atoms with Crippen LogP contribution in [0.3, 0.4) is 0 Å². The second kappa shape index (κ2) is 8.43. The Hall–Kier alpha value is -2.57. The van der Waals surface area contributed by atoms with Gasteiger partial charge in [-0.15, -0.1) is 11.3 Å². The number of para-hydroxylation sites is 1. The van der Waals surface area contributed by atoms with Crippen LogP contribution in [-0.4, -0.2) is 42.8 Å². The number of hydrogen-bond donors (Lipinski definition) is 1. The van der Waals surface area contributed by atoms with Crippen LogP contribution >= 0.6 is 11.3 Å². The van der Waals surface area contributed by atoms with Gasteiger partial charge in [0.05, 0.1) is 20.3 Å². The third-order valence-electron chi connectivity index (χ3n) is 5.69. The normalized spacial score (nSPS) is 18.5. The first kappa shape index (κ1) is 19.7. The molecule has 0 amide bonds. The first-order chi connectivity index (χ1) is 14.2. The highest BCUT2D eigenvalue weighted by molar-refractivity contribution is 7.17. The molecule has 2 aromatic carbocycles. The van der Waals surface area contributed by atoms with Crippen LogP contribution in [0.15, 0.2) is 47.8 Å². The van der Waals surface area contributed by atoms with Gasteiger partial charge >= 0.3 is 5.97 Å². The number of fused-ring (bicyclic) bond motifs is 1. The van der Waals surface area contributed by atoms with Gasteiger partial charge in [-0.1, -0.05) is 36.8 Å². The van der Waals surface area contributed by atoms with Crippen molar-refractivity contribution in [2.75, 3.05) is 20.8 Å². The molecule has 0 spiro atoms. The fourth-order valence-corrected chi connectivity index (χ4v) is 5.37. The van der Waals surface area contributed by atoms with Gasteiger partial charge in [-0.25, -0.2) is 0 Å². The van der Waals surface area contributed by atoms with Crippen LogP contribution in [0, 0.1) is 0 Å². The molecule has 1 aliphatic rings. The van der Waals surface area contributed by atoms with Crippen LogP contribution in [-0.2, 0) is 4.79 Å². The number of aliphatic carboxylic acids is 1. The van der Waals surface area contributed by atoms with Crippen molar-refractivity contribution in [2.24, 2.45) is 0 Å². The molecule has 1 N–H and O–H groups in total. The monoisotopic (exact) mass is 411 g/mol. The van der Waals surface area contributed by atoms with Crippen LogP contribution in [0.2, 0.25) is 0 Å². The van der Waals surface area contributed by atoms with Gasteiger partial charge in [0.1, 0.15) is 6.04 Å². The van der Waals surface area contributed by atoms with E-state index in [4.69, 9.17) is 9.47 Å². The highest BCUT2D eigenvalue weighted by atomic mass is 32.1. The summed E-state index contributed by atoms with van der Waals surface area (Å²) in [4.78, 5) is 14.2. The molecule has 0 bridgehead atoms. The maximum absolute atomic E-state index is 12.1. The summed E-state index contributed by atoms with van der Waals surface area (Å²) < 4.78 is 12.5. The fraction of sp³-hybridized carbons (Fsp3) is 0.348. The summed E-state index contributed by atoms with van der Waals surface area (Å²) in [6.07, 6.45) is 2.56.